The summed E-state index contributed by atoms with van der Waals surface area (Å²) >= 11 is 1.70. The highest BCUT2D eigenvalue weighted by atomic mass is 35.5. The summed E-state index contributed by atoms with van der Waals surface area (Å²) in [5, 5.41) is 3.30. The summed E-state index contributed by atoms with van der Waals surface area (Å²) < 4.78 is 0. The Labute approximate surface area is 131 Å². The second-order valence-electron chi connectivity index (χ2n) is 5.13. The van der Waals surface area contributed by atoms with E-state index in [0.29, 0.717) is 11.8 Å². The van der Waals surface area contributed by atoms with Gasteiger partial charge in [0.15, 0.2) is 0 Å². The molecule has 1 aliphatic rings. The molecule has 112 valence electrons. The molecular weight excluding hydrogens is 292 g/mol. The molecule has 3 nitrogen and oxygen atoms in total. The van der Waals surface area contributed by atoms with Crippen LogP contribution in [0.3, 0.4) is 0 Å². The predicted octanol–water partition coefficient (Wildman–Crippen LogP) is 2.47. The van der Waals surface area contributed by atoms with Gasteiger partial charge in [-0.3, -0.25) is 4.79 Å². The summed E-state index contributed by atoms with van der Waals surface area (Å²) in [4.78, 5) is 14.0. The van der Waals surface area contributed by atoms with Gasteiger partial charge in [-0.2, -0.15) is 0 Å². The van der Waals surface area contributed by atoms with Crippen LogP contribution in [0.2, 0.25) is 0 Å². The van der Waals surface area contributed by atoms with E-state index in [2.05, 4.69) is 36.5 Å². The summed E-state index contributed by atoms with van der Waals surface area (Å²) in [5.41, 5.74) is 2.57. The highest BCUT2D eigenvalue weighted by Gasteiger charge is 2.22. The van der Waals surface area contributed by atoms with E-state index in [1.807, 2.05) is 11.9 Å². The number of hydrogen-bond acceptors (Lipinski definition) is 3. The maximum absolute atomic E-state index is 12.1. The van der Waals surface area contributed by atoms with Crippen molar-refractivity contribution in [3.63, 3.8) is 0 Å². The molecule has 1 unspecified atom stereocenters. The minimum Gasteiger partial charge on any atom is -0.341 e. The van der Waals surface area contributed by atoms with Crippen molar-refractivity contribution in [2.24, 2.45) is 0 Å². The van der Waals surface area contributed by atoms with Gasteiger partial charge in [-0.05, 0) is 25.5 Å². The first-order valence-electron chi connectivity index (χ1n) is 6.76. The molecule has 0 bridgehead atoms. The van der Waals surface area contributed by atoms with Gasteiger partial charge in [0.25, 0.3) is 0 Å². The molecule has 0 radical (unpaired) electrons. The summed E-state index contributed by atoms with van der Waals surface area (Å²) in [5.74, 6) is 1.72. The number of nitrogens with one attached hydrogen (secondary N) is 1. The van der Waals surface area contributed by atoms with Crippen LogP contribution in [0, 0.1) is 6.92 Å². The van der Waals surface area contributed by atoms with Crippen molar-refractivity contribution in [1.82, 2.24) is 10.2 Å². The van der Waals surface area contributed by atoms with Crippen LogP contribution in [0.25, 0.3) is 0 Å². The lowest BCUT2D eigenvalue weighted by Gasteiger charge is -2.23. The van der Waals surface area contributed by atoms with E-state index in [1.54, 1.807) is 11.8 Å². The molecule has 1 N–H and O–H groups in total. The molecule has 1 fully saturated rings. The van der Waals surface area contributed by atoms with E-state index in [1.165, 1.54) is 11.1 Å². The molecular formula is C15H23ClN2OS. The molecule has 0 spiro atoms. The summed E-state index contributed by atoms with van der Waals surface area (Å²) in [7, 11) is 1.92. The van der Waals surface area contributed by atoms with Crippen molar-refractivity contribution < 1.29 is 4.79 Å². The molecule has 0 saturated carbocycles. The standard InChI is InChI=1S/C15H22N2OS.ClH/c1-12-4-3-5-13(8-12)10-19-11-15(18)17(2)14-6-7-16-9-14;/h3-5,8,14,16H,6-7,9-11H2,1-2H3;1H. The van der Waals surface area contributed by atoms with E-state index >= 15 is 0 Å². The molecule has 0 aromatic heterocycles. The van der Waals surface area contributed by atoms with Crippen LogP contribution in [0.1, 0.15) is 17.5 Å². The van der Waals surface area contributed by atoms with Gasteiger partial charge in [0.2, 0.25) is 5.91 Å². The third-order valence-electron chi connectivity index (χ3n) is 3.55. The predicted molar refractivity (Wildman–Crippen MR) is 88.6 cm³/mol. The first-order valence-corrected chi connectivity index (χ1v) is 7.92. The van der Waals surface area contributed by atoms with Gasteiger partial charge >= 0.3 is 0 Å². The van der Waals surface area contributed by atoms with Gasteiger partial charge in [-0.1, -0.05) is 29.8 Å². The lowest BCUT2D eigenvalue weighted by Crippen LogP contribution is -2.39. The molecule has 2 rings (SSSR count). The zero-order valence-corrected chi connectivity index (χ0v) is 13.7. The lowest BCUT2D eigenvalue weighted by molar-refractivity contribution is -0.128. The van der Waals surface area contributed by atoms with Crippen LogP contribution < -0.4 is 5.32 Å². The van der Waals surface area contributed by atoms with Gasteiger partial charge in [0.1, 0.15) is 0 Å². The lowest BCUT2D eigenvalue weighted by atomic mass is 10.2. The highest BCUT2D eigenvalue weighted by molar-refractivity contribution is 7.99. The van der Waals surface area contributed by atoms with Crippen LogP contribution >= 0.6 is 24.2 Å². The SMILES string of the molecule is Cc1cccc(CSCC(=O)N(C)C2CCNC2)c1.Cl. The Kier molecular flexibility index (Phi) is 7.41. The Hall–Kier alpha value is -0.710. The number of carbonyl (C=O) groups excluding carboxylic acids is 1. The maximum Gasteiger partial charge on any atom is 0.232 e. The number of likely N-dealkylation sites (N-methyl/N-ethyl adjacent to an activating group) is 1. The zero-order valence-electron chi connectivity index (χ0n) is 12.1. The third-order valence-corrected chi connectivity index (χ3v) is 4.54. The summed E-state index contributed by atoms with van der Waals surface area (Å²) in [6.07, 6.45) is 1.07. The number of aryl methyl sites for hydroxylation is 1. The van der Waals surface area contributed by atoms with Crippen molar-refractivity contribution in [1.29, 1.82) is 0 Å². The monoisotopic (exact) mass is 314 g/mol. The number of nitrogens with zero attached hydrogens (tertiary/aromatic N) is 1. The first-order chi connectivity index (χ1) is 9.16. The van der Waals surface area contributed by atoms with Gasteiger partial charge in [0, 0.05) is 25.4 Å². The molecule has 5 heteroatoms. The van der Waals surface area contributed by atoms with Crippen LogP contribution in [0.4, 0.5) is 0 Å². The topological polar surface area (TPSA) is 32.3 Å². The fraction of sp³-hybridized carbons (Fsp3) is 0.533. The zero-order chi connectivity index (χ0) is 13.7. The quantitative estimate of drug-likeness (QED) is 0.906. The fourth-order valence-electron chi connectivity index (χ4n) is 2.33. The Morgan fingerprint density at radius 2 is 2.30 bits per heavy atom. The summed E-state index contributed by atoms with van der Waals surface area (Å²) in [6.45, 7) is 4.06. The number of thioether (sulfide) groups is 1. The second-order valence-corrected chi connectivity index (χ2v) is 6.12. The normalized spacial score (nSPS) is 17.6. The number of benzene rings is 1. The second kappa shape index (κ2) is 8.55. The largest absolute Gasteiger partial charge is 0.341 e. The Morgan fingerprint density at radius 1 is 1.50 bits per heavy atom. The average Bonchev–Trinajstić information content (AvgIpc) is 2.91. The van der Waals surface area contributed by atoms with Crippen molar-refractivity contribution in [3.8, 4) is 0 Å². The van der Waals surface area contributed by atoms with E-state index in [4.69, 9.17) is 0 Å². The smallest absolute Gasteiger partial charge is 0.232 e. The molecule has 1 aromatic carbocycles. The van der Waals surface area contributed by atoms with Crippen molar-refractivity contribution >= 4 is 30.1 Å². The molecule has 1 aromatic rings. The Morgan fingerprint density at radius 3 is 2.95 bits per heavy atom. The Balaban J connectivity index is 0.00000200. The van der Waals surface area contributed by atoms with Crippen LogP contribution in [-0.2, 0) is 10.5 Å². The van der Waals surface area contributed by atoms with Crippen LogP contribution in [-0.4, -0.2) is 42.7 Å². The average molecular weight is 315 g/mol. The number of rotatable bonds is 5. The first kappa shape index (κ1) is 17.3. The highest BCUT2D eigenvalue weighted by Crippen LogP contribution is 2.15. The minimum atomic E-state index is 0. The molecule has 1 atom stereocenters. The van der Waals surface area contributed by atoms with E-state index in [-0.39, 0.29) is 18.3 Å². The van der Waals surface area contributed by atoms with E-state index in [0.717, 1.165) is 25.3 Å². The van der Waals surface area contributed by atoms with E-state index < -0.39 is 0 Å². The molecule has 1 saturated heterocycles. The number of carbonyl (C=O) groups is 1. The third kappa shape index (κ3) is 5.00. The maximum atomic E-state index is 12.1. The Bertz CT molecular complexity index is 436. The number of amides is 1. The van der Waals surface area contributed by atoms with Gasteiger partial charge in [-0.25, -0.2) is 0 Å². The fourth-order valence-corrected chi connectivity index (χ4v) is 3.23. The molecule has 1 heterocycles. The van der Waals surface area contributed by atoms with Gasteiger partial charge in [-0.15, -0.1) is 24.2 Å². The van der Waals surface area contributed by atoms with Crippen molar-refractivity contribution in [2.45, 2.75) is 25.1 Å². The molecule has 1 aliphatic heterocycles. The molecule has 1 amide bonds. The van der Waals surface area contributed by atoms with Crippen molar-refractivity contribution in [2.75, 3.05) is 25.9 Å². The van der Waals surface area contributed by atoms with E-state index in [9.17, 15) is 4.79 Å². The van der Waals surface area contributed by atoms with Gasteiger partial charge in [0.05, 0.1) is 5.75 Å². The van der Waals surface area contributed by atoms with Crippen LogP contribution in [0.15, 0.2) is 24.3 Å². The van der Waals surface area contributed by atoms with Crippen LogP contribution in [0.5, 0.6) is 0 Å². The van der Waals surface area contributed by atoms with Crippen molar-refractivity contribution in [3.05, 3.63) is 35.4 Å². The molecule has 0 aliphatic carbocycles. The summed E-state index contributed by atoms with van der Waals surface area (Å²) in [6, 6.07) is 8.85. The number of hydrogen-bond donors (Lipinski definition) is 1. The number of halogens is 1. The minimum absolute atomic E-state index is 0. The van der Waals surface area contributed by atoms with Gasteiger partial charge < -0.3 is 10.2 Å². The molecule has 20 heavy (non-hydrogen) atoms.